The van der Waals surface area contributed by atoms with E-state index in [4.69, 9.17) is 10.3 Å². The van der Waals surface area contributed by atoms with Crippen molar-refractivity contribution < 1.29 is 19.9 Å². The van der Waals surface area contributed by atoms with Gasteiger partial charge in [-0.2, -0.15) is 0 Å². The molecule has 0 saturated carbocycles. The van der Waals surface area contributed by atoms with Gasteiger partial charge in [0.2, 0.25) is 5.82 Å². The molecule has 1 amide bonds. The number of rotatable bonds is 8. The zero-order chi connectivity index (χ0) is 13.4. The van der Waals surface area contributed by atoms with Gasteiger partial charge in [-0.05, 0) is 13.0 Å². The van der Waals surface area contributed by atoms with Crippen LogP contribution in [-0.2, 0) is 11.3 Å². The lowest BCUT2D eigenvalue weighted by Crippen LogP contribution is -2.23. The highest BCUT2D eigenvalue weighted by molar-refractivity contribution is 5.89. The largest absolute Gasteiger partial charge is 0.481 e. The molecule has 100 valence electrons. The zero-order valence-corrected chi connectivity index (χ0v) is 9.67. The first kappa shape index (κ1) is 14.1. The molecule has 1 aromatic rings. The Morgan fingerprint density at radius 3 is 2.83 bits per heavy atom. The molecule has 1 rings (SSSR count). The maximum Gasteiger partial charge on any atom is 0.314 e. The molecule has 0 aromatic carbocycles. The minimum Gasteiger partial charge on any atom is -0.481 e. The van der Waals surface area contributed by atoms with E-state index in [1.165, 1.54) is 16.5 Å². The van der Waals surface area contributed by atoms with Crippen LogP contribution in [-0.4, -0.2) is 50.0 Å². The van der Waals surface area contributed by atoms with Crippen molar-refractivity contribution in [3.63, 3.8) is 0 Å². The number of carboxylic acids is 1. The molecule has 1 heterocycles. The SMILES string of the molecule is O=C(O)CCCNCCn1cnc(C(=O)NO)n1. The third kappa shape index (κ3) is 4.89. The van der Waals surface area contributed by atoms with Crippen molar-refractivity contribution in [3.8, 4) is 0 Å². The second-order valence-corrected chi connectivity index (χ2v) is 3.52. The second kappa shape index (κ2) is 7.35. The van der Waals surface area contributed by atoms with Crippen LogP contribution in [0, 0.1) is 0 Å². The van der Waals surface area contributed by atoms with E-state index in [2.05, 4.69) is 15.4 Å². The summed E-state index contributed by atoms with van der Waals surface area (Å²) >= 11 is 0. The average molecular weight is 257 g/mol. The highest BCUT2D eigenvalue weighted by Gasteiger charge is 2.09. The smallest absolute Gasteiger partial charge is 0.314 e. The number of hydrogen-bond donors (Lipinski definition) is 4. The zero-order valence-electron chi connectivity index (χ0n) is 9.67. The van der Waals surface area contributed by atoms with Gasteiger partial charge in [-0.15, -0.1) is 5.10 Å². The number of hydroxylamine groups is 1. The molecule has 9 nitrogen and oxygen atoms in total. The van der Waals surface area contributed by atoms with Crippen LogP contribution >= 0.6 is 0 Å². The first-order valence-electron chi connectivity index (χ1n) is 5.40. The molecule has 0 aliphatic heterocycles. The first-order valence-corrected chi connectivity index (χ1v) is 5.40. The molecule has 1 aromatic heterocycles. The van der Waals surface area contributed by atoms with Crippen LogP contribution in [0.5, 0.6) is 0 Å². The Hall–Kier alpha value is -2.00. The van der Waals surface area contributed by atoms with Crippen molar-refractivity contribution in [3.05, 3.63) is 12.2 Å². The minimum atomic E-state index is -0.812. The predicted octanol–water partition coefficient (Wildman–Crippen LogP) is -1.15. The van der Waals surface area contributed by atoms with Gasteiger partial charge >= 0.3 is 11.9 Å². The fraction of sp³-hybridized carbons (Fsp3) is 0.556. The predicted molar refractivity (Wildman–Crippen MR) is 59.0 cm³/mol. The van der Waals surface area contributed by atoms with Gasteiger partial charge < -0.3 is 10.4 Å². The third-order valence-corrected chi connectivity index (χ3v) is 2.10. The molecule has 0 saturated heterocycles. The standard InChI is InChI=1S/C9H15N5O4/c15-7(16)2-1-3-10-4-5-14-6-11-8(12-14)9(17)13-18/h6,10,18H,1-5H2,(H,13,17)(H,15,16). The molecule has 0 radical (unpaired) electrons. The number of nitrogens with zero attached hydrogens (tertiary/aromatic N) is 3. The summed E-state index contributed by atoms with van der Waals surface area (Å²) in [5, 5.41) is 23.7. The number of nitrogens with one attached hydrogen (secondary N) is 2. The summed E-state index contributed by atoms with van der Waals surface area (Å²) in [5.41, 5.74) is 1.44. The molecule has 0 atom stereocenters. The summed E-state index contributed by atoms with van der Waals surface area (Å²) in [6, 6.07) is 0. The normalized spacial score (nSPS) is 10.3. The van der Waals surface area contributed by atoms with Crippen molar-refractivity contribution in [2.45, 2.75) is 19.4 Å². The number of carbonyl (C=O) groups is 2. The van der Waals surface area contributed by atoms with Crippen LogP contribution in [0.25, 0.3) is 0 Å². The molecule has 0 unspecified atom stereocenters. The van der Waals surface area contributed by atoms with Crippen molar-refractivity contribution in [1.82, 2.24) is 25.6 Å². The number of aromatic nitrogens is 3. The van der Waals surface area contributed by atoms with E-state index < -0.39 is 11.9 Å². The van der Waals surface area contributed by atoms with Gasteiger partial charge in [-0.1, -0.05) is 0 Å². The van der Waals surface area contributed by atoms with E-state index >= 15 is 0 Å². The quantitative estimate of drug-likeness (QED) is 0.263. The van der Waals surface area contributed by atoms with Crippen molar-refractivity contribution in [2.75, 3.05) is 13.1 Å². The number of amides is 1. The lowest BCUT2D eigenvalue weighted by molar-refractivity contribution is -0.137. The van der Waals surface area contributed by atoms with E-state index in [0.717, 1.165) is 0 Å². The lowest BCUT2D eigenvalue weighted by atomic mass is 10.3. The molecular weight excluding hydrogens is 242 g/mol. The van der Waals surface area contributed by atoms with Crippen LogP contribution in [0.4, 0.5) is 0 Å². The second-order valence-electron chi connectivity index (χ2n) is 3.52. The van der Waals surface area contributed by atoms with E-state index in [-0.39, 0.29) is 12.2 Å². The van der Waals surface area contributed by atoms with Crippen LogP contribution < -0.4 is 10.8 Å². The van der Waals surface area contributed by atoms with Crippen LogP contribution in [0.2, 0.25) is 0 Å². The average Bonchev–Trinajstić information content (AvgIpc) is 2.81. The number of aliphatic carboxylic acids is 1. The monoisotopic (exact) mass is 257 g/mol. The van der Waals surface area contributed by atoms with E-state index in [1.807, 2.05) is 0 Å². The van der Waals surface area contributed by atoms with Crippen molar-refractivity contribution >= 4 is 11.9 Å². The summed E-state index contributed by atoms with van der Waals surface area (Å²) in [6.45, 7) is 1.69. The minimum absolute atomic E-state index is 0.108. The summed E-state index contributed by atoms with van der Waals surface area (Å²) in [4.78, 5) is 24.9. The van der Waals surface area contributed by atoms with Crippen molar-refractivity contribution in [2.24, 2.45) is 0 Å². The summed E-state index contributed by atoms with van der Waals surface area (Å²) in [5.74, 6) is -1.68. The molecule has 0 aliphatic rings. The maximum absolute atomic E-state index is 10.9. The van der Waals surface area contributed by atoms with Gasteiger partial charge in [0.1, 0.15) is 6.33 Å². The molecule has 0 fully saturated rings. The highest BCUT2D eigenvalue weighted by atomic mass is 16.5. The number of carbonyl (C=O) groups excluding carboxylic acids is 1. The Morgan fingerprint density at radius 2 is 2.17 bits per heavy atom. The van der Waals surface area contributed by atoms with Gasteiger partial charge in [0.15, 0.2) is 0 Å². The molecule has 18 heavy (non-hydrogen) atoms. The Kier molecular flexibility index (Phi) is 5.74. The van der Waals surface area contributed by atoms with Gasteiger partial charge in [0.05, 0.1) is 6.54 Å². The fourth-order valence-corrected chi connectivity index (χ4v) is 1.24. The van der Waals surface area contributed by atoms with Crippen LogP contribution in [0.3, 0.4) is 0 Å². The van der Waals surface area contributed by atoms with Crippen LogP contribution in [0.15, 0.2) is 6.33 Å². The Bertz CT molecular complexity index is 405. The van der Waals surface area contributed by atoms with Gasteiger partial charge in [0.25, 0.3) is 0 Å². The Morgan fingerprint density at radius 1 is 1.39 bits per heavy atom. The highest BCUT2D eigenvalue weighted by Crippen LogP contribution is 1.90. The molecular formula is C9H15N5O4. The Labute approximate surface area is 103 Å². The fourth-order valence-electron chi connectivity index (χ4n) is 1.24. The molecule has 4 N–H and O–H groups in total. The third-order valence-electron chi connectivity index (χ3n) is 2.10. The van der Waals surface area contributed by atoms with Crippen molar-refractivity contribution in [1.29, 1.82) is 0 Å². The lowest BCUT2D eigenvalue weighted by Gasteiger charge is -2.03. The molecule has 0 bridgehead atoms. The summed E-state index contributed by atoms with van der Waals surface area (Å²) in [7, 11) is 0. The van der Waals surface area contributed by atoms with Crippen LogP contribution in [0.1, 0.15) is 23.5 Å². The molecule has 0 aliphatic carbocycles. The van der Waals surface area contributed by atoms with Gasteiger partial charge in [-0.3, -0.25) is 19.5 Å². The molecule has 9 heteroatoms. The molecule has 0 spiro atoms. The summed E-state index contributed by atoms with van der Waals surface area (Å²) in [6.07, 6.45) is 2.07. The summed E-state index contributed by atoms with van der Waals surface area (Å²) < 4.78 is 1.45. The van der Waals surface area contributed by atoms with E-state index in [0.29, 0.717) is 26.1 Å². The van der Waals surface area contributed by atoms with E-state index in [1.54, 1.807) is 0 Å². The number of carboxylic acid groups (broad SMARTS) is 1. The maximum atomic E-state index is 10.9. The topological polar surface area (TPSA) is 129 Å². The Balaban J connectivity index is 2.17. The van der Waals surface area contributed by atoms with Gasteiger partial charge in [0, 0.05) is 13.0 Å². The van der Waals surface area contributed by atoms with E-state index in [9.17, 15) is 9.59 Å². The number of hydrogen-bond acceptors (Lipinski definition) is 6. The van der Waals surface area contributed by atoms with Gasteiger partial charge in [-0.25, -0.2) is 10.5 Å². The first-order chi connectivity index (χ1) is 8.63.